The molecule has 0 saturated heterocycles. The molecule has 2 N–H and O–H groups in total. The largest absolute Gasteiger partial charge is 0.399 e. The van der Waals surface area contributed by atoms with Crippen LogP contribution >= 0.6 is 0 Å². The monoisotopic (exact) mass is 244 g/mol. The number of nitrogens with two attached hydrogens (primary N) is 1. The molecular weight excluding hydrogens is 220 g/mol. The second-order valence-electron chi connectivity index (χ2n) is 5.90. The Balaban J connectivity index is 1.76. The molecule has 1 aromatic rings. The number of anilines is 1. The van der Waals surface area contributed by atoms with Crippen molar-refractivity contribution < 1.29 is 0 Å². The molecular formula is C16H24N2. The van der Waals surface area contributed by atoms with Crippen LogP contribution in [0.3, 0.4) is 0 Å². The van der Waals surface area contributed by atoms with Crippen molar-refractivity contribution in [3.8, 4) is 0 Å². The Bertz CT molecular complexity index is 423. The smallest absolute Gasteiger partial charge is 0.0354 e. The minimum absolute atomic E-state index is 0.645. The van der Waals surface area contributed by atoms with Crippen LogP contribution in [0.5, 0.6) is 0 Å². The first-order chi connectivity index (χ1) is 8.78. The number of hydrogen-bond acceptors (Lipinski definition) is 2. The van der Waals surface area contributed by atoms with Gasteiger partial charge in [0.05, 0.1) is 0 Å². The van der Waals surface area contributed by atoms with Gasteiger partial charge >= 0.3 is 0 Å². The van der Waals surface area contributed by atoms with Crippen LogP contribution in [-0.2, 0) is 6.42 Å². The van der Waals surface area contributed by atoms with E-state index >= 15 is 0 Å². The Morgan fingerprint density at radius 3 is 2.78 bits per heavy atom. The van der Waals surface area contributed by atoms with Crippen LogP contribution < -0.4 is 5.73 Å². The summed E-state index contributed by atoms with van der Waals surface area (Å²) >= 11 is 0. The highest BCUT2D eigenvalue weighted by Gasteiger charge is 2.29. The highest BCUT2D eigenvalue weighted by Crippen LogP contribution is 2.38. The minimum atomic E-state index is 0.645. The van der Waals surface area contributed by atoms with Gasteiger partial charge in [0.25, 0.3) is 0 Å². The molecule has 18 heavy (non-hydrogen) atoms. The van der Waals surface area contributed by atoms with Crippen LogP contribution in [0, 0.1) is 5.92 Å². The Hall–Kier alpha value is -1.02. The molecule has 0 heterocycles. The van der Waals surface area contributed by atoms with Gasteiger partial charge in [0.15, 0.2) is 0 Å². The summed E-state index contributed by atoms with van der Waals surface area (Å²) in [5.74, 6) is 0.961. The summed E-state index contributed by atoms with van der Waals surface area (Å²) in [6.07, 6.45) is 6.81. The van der Waals surface area contributed by atoms with E-state index in [0.29, 0.717) is 6.04 Å². The number of aryl methyl sites for hydroxylation is 1. The van der Waals surface area contributed by atoms with Crippen molar-refractivity contribution in [2.75, 3.05) is 18.8 Å². The number of benzene rings is 1. The minimum Gasteiger partial charge on any atom is -0.399 e. The van der Waals surface area contributed by atoms with Crippen LogP contribution in [0.4, 0.5) is 5.69 Å². The summed E-state index contributed by atoms with van der Waals surface area (Å²) < 4.78 is 0. The summed E-state index contributed by atoms with van der Waals surface area (Å²) in [5.41, 5.74) is 9.81. The van der Waals surface area contributed by atoms with Crippen molar-refractivity contribution in [1.82, 2.24) is 4.90 Å². The van der Waals surface area contributed by atoms with E-state index in [1.165, 1.54) is 56.3 Å². The number of nitrogen functional groups attached to an aromatic ring is 1. The lowest BCUT2D eigenvalue weighted by Crippen LogP contribution is -2.34. The summed E-state index contributed by atoms with van der Waals surface area (Å²) in [4.78, 5) is 2.69. The van der Waals surface area contributed by atoms with E-state index in [1.807, 2.05) is 0 Å². The van der Waals surface area contributed by atoms with Gasteiger partial charge in [-0.3, -0.25) is 4.90 Å². The van der Waals surface area contributed by atoms with E-state index in [9.17, 15) is 0 Å². The maximum absolute atomic E-state index is 5.88. The third-order valence-electron chi connectivity index (χ3n) is 4.78. The molecule has 98 valence electrons. The van der Waals surface area contributed by atoms with Crippen LogP contribution in [0.2, 0.25) is 0 Å². The number of hydrogen-bond donors (Lipinski definition) is 1. The van der Waals surface area contributed by atoms with Crippen molar-refractivity contribution >= 4 is 5.69 Å². The molecule has 2 aliphatic carbocycles. The third-order valence-corrected chi connectivity index (χ3v) is 4.78. The van der Waals surface area contributed by atoms with E-state index in [0.717, 1.165) is 11.6 Å². The lowest BCUT2D eigenvalue weighted by Gasteiger charge is -2.35. The molecule has 1 atom stereocenters. The van der Waals surface area contributed by atoms with Crippen molar-refractivity contribution in [3.05, 3.63) is 29.3 Å². The fourth-order valence-electron chi connectivity index (χ4n) is 3.48. The molecule has 2 aliphatic rings. The Kier molecular flexibility index (Phi) is 3.29. The first kappa shape index (κ1) is 12.0. The Morgan fingerprint density at radius 1 is 1.28 bits per heavy atom. The van der Waals surface area contributed by atoms with Crippen LogP contribution in [-0.4, -0.2) is 18.0 Å². The number of fused-ring (bicyclic) bond motifs is 1. The molecule has 1 fully saturated rings. The number of nitrogens with zero attached hydrogens (tertiary/aromatic N) is 1. The summed E-state index contributed by atoms with van der Waals surface area (Å²) in [6.45, 7) is 4.77. The summed E-state index contributed by atoms with van der Waals surface area (Å²) in [5, 5.41) is 0. The van der Waals surface area contributed by atoms with Crippen LogP contribution in [0.1, 0.15) is 49.8 Å². The molecule has 0 bridgehead atoms. The molecule has 0 aliphatic heterocycles. The van der Waals surface area contributed by atoms with Gasteiger partial charge in [0.1, 0.15) is 0 Å². The van der Waals surface area contributed by atoms with E-state index in [-0.39, 0.29) is 0 Å². The zero-order valence-electron chi connectivity index (χ0n) is 11.4. The fraction of sp³-hybridized carbons (Fsp3) is 0.625. The molecule has 1 saturated carbocycles. The highest BCUT2D eigenvalue weighted by atomic mass is 15.2. The van der Waals surface area contributed by atoms with E-state index in [4.69, 9.17) is 5.73 Å². The van der Waals surface area contributed by atoms with Crippen molar-refractivity contribution in [1.29, 1.82) is 0 Å². The van der Waals surface area contributed by atoms with Crippen molar-refractivity contribution in [2.45, 2.75) is 45.1 Å². The van der Waals surface area contributed by atoms with E-state index in [2.05, 4.69) is 30.0 Å². The Morgan fingerprint density at radius 2 is 2.11 bits per heavy atom. The molecule has 2 heteroatoms. The van der Waals surface area contributed by atoms with Gasteiger partial charge in [-0.1, -0.05) is 19.4 Å². The maximum atomic E-state index is 5.88. The average molecular weight is 244 g/mol. The maximum Gasteiger partial charge on any atom is 0.0354 e. The molecule has 0 amide bonds. The number of rotatable bonds is 4. The quantitative estimate of drug-likeness (QED) is 0.823. The van der Waals surface area contributed by atoms with Gasteiger partial charge in [-0.15, -0.1) is 0 Å². The molecule has 0 aromatic heterocycles. The average Bonchev–Trinajstić information content (AvgIpc) is 2.71. The van der Waals surface area contributed by atoms with Crippen molar-refractivity contribution in [3.63, 3.8) is 0 Å². The van der Waals surface area contributed by atoms with Gasteiger partial charge in [0.2, 0.25) is 0 Å². The van der Waals surface area contributed by atoms with Gasteiger partial charge < -0.3 is 5.73 Å². The molecule has 0 radical (unpaired) electrons. The SMILES string of the molecule is CCN(CC1CCC1)C1CCc2cc(N)ccc21. The predicted molar refractivity (Wildman–Crippen MR) is 76.5 cm³/mol. The van der Waals surface area contributed by atoms with Crippen LogP contribution in [0.25, 0.3) is 0 Å². The van der Waals surface area contributed by atoms with Crippen molar-refractivity contribution in [2.24, 2.45) is 5.92 Å². The first-order valence-electron chi connectivity index (χ1n) is 7.40. The van der Waals surface area contributed by atoms with Gasteiger partial charge in [-0.05, 0) is 61.4 Å². The standard InChI is InChI=1S/C16H24N2/c1-2-18(11-12-4-3-5-12)16-9-6-13-10-14(17)7-8-15(13)16/h7-8,10,12,16H,2-6,9,11,17H2,1H3. The Labute approximate surface area is 110 Å². The van der Waals surface area contributed by atoms with E-state index < -0.39 is 0 Å². The lowest BCUT2D eigenvalue weighted by molar-refractivity contribution is 0.138. The summed E-state index contributed by atoms with van der Waals surface area (Å²) in [7, 11) is 0. The van der Waals surface area contributed by atoms with Gasteiger partial charge in [-0.2, -0.15) is 0 Å². The molecule has 0 spiro atoms. The van der Waals surface area contributed by atoms with Gasteiger partial charge in [-0.25, -0.2) is 0 Å². The zero-order chi connectivity index (χ0) is 12.5. The second-order valence-corrected chi connectivity index (χ2v) is 5.90. The first-order valence-corrected chi connectivity index (χ1v) is 7.40. The summed E-state index contributed by atoms with van der Waals surface area (Å²) in [6, 6.07) is 7.14. The molecule has 3 rings (SSSR count). The predicted octanol–water partition coefficient (Wildman–Crippen LogP) is 3.38. The highest BCUT2D eigenvalue weighted by molar-refractivity contribution is 5.47. The van der Waals surface area contributed by atoms with Crippen LogP contribution in [0.15, 0.2) is 18.2 Å². The molecule has 1 unspecified atom stereocenters. The fourth-order valence-corrected chi connectivity index (χ4v) is 3.48. The molecule has 1 aromatic carbocycles. The second kappa shape index (κ2) is 4.93. The van der Waals surface area contributed by atoms with E-state index in [1.54, 1.807) is 0 Å². The lowest BCUT2D eigenvalue weighted by atomic mass is 9.84. The topological polar surface area (TPSA) is 29.3 Å². The molecule has 2 nitrogen and oxygen atoms in total. The zero-order valence-corrected chi connectivity index (χ0v) is 11.4. The normalized spacial score (nSPS) is 23.1. The third kappa shape index (κ3) is 2.14. The van der Waals surface area contributed by atoms with Gasteiger partial charge in [0, 0.05) is 18.3 Å².